The number of aromatic nitrogens is 3. The van der Waals surface area contributed by atoms with E-state index in [0.717, 1.165) is 28.6 Å². The summed E-state index contributed by atoms with van der Waals surface area (Å²) in [5, 5.41) is 3.35. The number of H-pyrrole nitrogens is 1. The van der Waals surface area contributed by atoms with E-state index >= 15 is 0 Å². The van der Waals surface area contributed by atoms with Crippen molar-refractivity contribution in [1.82, 2.24) is 25.2 Å². The van der Waals surface area contributed by atoms with E-state index in [9.17, 15) is 0 Å². The highest BCUT2D eigenvalue weighted by atomic mass is 127. The molecule has 0 radical (unpaired) electrons. The summed E-state index contributed by atoms with van der Waals surface area (Å²) in [6.45, 7) is 2.24. The van der Waals surface area contributed by atoms with Crippen molar-refractivity contribution < 1.29 is 9.47 Å². The molecule has 8 nitrogen and oxygen atoms in total. The van der Waals surface area contributed by atoms with Crippen molar-refractivity contribution in [1.29, 1.82) is 0 Å². The monoisotopic (exact) mass is 536 g/mol. The van der Waals surface area contributed by atoms with Crippen LogP contribution in [0.25, 0.3) is 11.3 Å². The number of pyridine rings is 1. The summed E-state index contributed by atoms with van der Waals surface area (Å²) >= 11 is 0. The Morgan fingerprint density at radius 2 is 1.90 bits per heavy atom. The molecule has 31 heavy (non-hydrogen) atoms. The number of methoxy groups -OCH3 is 1. The highest BCUT2D eigenvalue weighted by Gasteiger charge is 2.10. The summed E-state index contributed by atoms with van der Waals surface area (Å²) in [7, 11) is 5.38. The third-order valence-corrected chi connectivity index (χ3v) is 4.46. The van der Waals surface area contributed by atoms with Crippen LogP contribution in [0.1, 0.15) is 11.4 Å². The van der Waals surface area contributed by atoms with E-state index in [1.165, 1.54) is 0 Å². The summed E-state index contributed by atoms with van der Waals surface area (Å²) in [5.41, 5.74) is 3.15. The molecule has 0 saturated carbocycles. The Morgan fingerprint density at radius 3 is 2.58 bits per heavy atom. The first-order valence-electron chi connectivity index (χ1n) is 9.77. The number of hydrogen-bond acceptors (Lipinski definition) is 5. The molecule has 0 amide bonds. The molecular formula is C22H29IN6O2. The SMILES string of the molecule is CN=C(NCc1ccc(OCCOC)nc1)N(C)Cc1ncc(-c2ccccc2)[nH]1.I. The maximum atomic E-state index is 5.49. The number of guanidine groups is 1. The third kappa shape index (κ3) is 7.51. The Balaban J connectivity index is 0.00000341. The maximum Gasteiger partial charge on any atom is 0.213 e. The van der Waals surface area contributed by atoms with Gasteiger partial charge in [-0.2, -0.15) is 0 Å². The molecule has 0 spiro atoms. The number of aliphatic imine (C=N–C) groups is 1. The van der Waals surface area contributed by atoms with Crippen LogP contribution in [0, 0.1) is 0 Å². The fourth-order valence-corrected chi connectivity index (χ4v) is 2.90. The lowest BCUT2D eigenvalue weighted by Gasteiger charge is -2.21. The van der Waals surface area contributed by atoms with Gasteiger partial charge in [-0.05, 0) is 11.1 Å². The van der Waals surface area contributed by atoms with Gasteiger partial charge in [-0.15, -0.1) is 24.0 Å². The zero-order valence-corrected chi connectivity index (χ0v) is 20.4. The molecule has 2 heterocycles. The second-order valence-electron chi connectivity index (χ2n) is 6.71. The highest BCUT2D eigenvalue weighted by Crippen LogP contribution is 2.16. The predicted octanol–water partition coefficient (Wildman–Crippen LogP) is 3.32. The molecule has 0 saturated heterocycles. The van der Waals surface area contributed by atoms with Crippen LogP contribution in [0.15, 0.2) is 59.9 Å². The molecule has 0 aliphatic carbocycles. The average molecular weight is 536 g/mol. The van der Waals surface area contributed by atoms with Gasteiger partial charge < -0.3 is 24.7 Å². The molecule has 0 atom stereocenters. The molecular weight excluding hydrogens is 507 g/mol. The van der Waals surface area contributed by atoms with Gasteiger partial charge in [0.1, 0.15) is 12.4 Å². The maximum absolute atomic E-state index is 5.49. The third-order valence-electron chi connectivity index (χ3n) is 4.46. The van der Waals surface area contributed by atoms with E-state index in [0.29, 0.717) is 32.2 Å². The largest absolute Gasteiger partial charge is 0.475 e. The Hall–Kier alpha value is -2.66. The van der Waals surface area contributed by atoms with Crippen LogP contribution in [0.2, 0.25) is 0 Å². The van der Waals surface area contributed by atoms with Crippen molar-refractivity contribution in [3.63, 3.8) is 0 Å². The second kappa shape index (κ2) is 12.9. The van der Waals surface area contributed by atoms with Gasteiger partial charge in [-0.1, -0.05) is 36.4 Å². The summed E-state index contributed by atoms with van der Waals surface area (Å²) in [5.74, 6) is 2.23. The molecule has 2 aromatic heterocycles. The summed E-state index contributed by atoms with van der Waals surface area (Å²) < 4.78 is 10.5. The molecule has 0 bridgehead atoms. The van der Waals surface area contributed by atoms with E-state index in [-0.39, 0.29) is 24.0 Å². The number of aromatic amines is 1. The van der Waals surface area contributed by atoms with E-state index in [1.54, 1.807) is 20.4 Å². The first-order chi connectivity index (χ1) is 14.7. The molecule has 166 valence electrons. The van der Waals surface area contributed by atoms with E-state index < -0.39 is 0 Å². The number of nitrogens with one attached hydrogen (secondary N) is 2. The molecule has 9 heteroatoms. The van der Waals surface area contributed by atoms with Crippen molar-refractivity contribution in [2.45, 2.75) is 13.1 Å². The average Bonchev–Trinajstić information content (AvgIpc) is 3.24. The lowest BCUT2D eigenvalue weighted by Crippen LogP contribution is -2.38. The number of hydrogen-bond donors (Lipinski definition) is 2. The standard InChI is InChI=1S/C22H28N6O2.HI/c1-23-22(26-14-17-9-10-21(25-13-17)30-12-11-29-3)28(2)16-20-24-15-19(27-20)18-7-5-4-6-8-18;/h4-10,13,15H,11-12,14,16H2,1-3H3,(H,23,26)(H,24,27);1H. The molecule has 0 unspecified atom stereocenters. The lowest BCUT2D eigenvalue weighted by molar-refractivity contribution is 0.143. The van der Waals surface area contributed by atoms with Gasteiger partial charge >= 0.3 is 0 Å². The van der Waals surface area contributed by atoms with Gasteiger partial charge in [0.15, 0.2) is 5.96 Å². The van der Waals surface area contributed by atoms with E-state index in [2.05, 4.69) is 37.4 Å². The normalized spacial score (nSPS) is 11.0. The van der Waals surface area contributed by atoms with Gasteiger partial charge in [-0.25, -0.2) is 9.97 Å². The number of nitrogens with zero attached hydrogens (tertiary/aromatic N) is 4. The smallest absolute Gasteiger partial charge is 0.213 e. The Morgan fingerprint density at radius 1 is 1.10 bits per heavy atom. The first-order valence-corrected chi connectivity index (χ1v) is 9.77. The molecule has 2 N–H and O–H groups in total. The minimum atomic E-state index is 0. The summed E-state index contributed by atoms with van der Waals surface area (Å²) in [6, 6.07) is 14.0. The second-order valence-corrected chi connectivity index (χ2v) is 6.71. The van der Waals surface area contributed by atoms with Crippen molar-refractivity contribution in [3.05, 3.63) is 66.2 Å². The fourth-order valence-electron chi connectivity index (χ4n) is 2.90. The minimum Gasteiger partial charge on any atom is -0.475 e. The van der Waals surface area contributed by atoms with Crippen LogP contribution in [0.4, 0.5) is 0 Å². The minimum absolute atomic E-state index is 0. The van der Waals surface area contributed by atoms with Gasteiger partial charge in [0.05, 0.1) is 25.0 Å². The molecule has 3 rings (SSSR count). The molecule has 0 aliphatic rings. The van der Waals surface area contributed by atoms with Crippen LogP contribution in [-0.4, -0.2) is 60.2 Å². The van der Waals surface area contributed by atoms with Crippen LogP contribution in [-0.2, 0) is 17.8 Å². The lowest BCUT2D eigenvalue weighted by atomic mass is 10.2. The molecule has 0 fully saturated rings. The fraction of sp³-hybridized carbons (Fsp3) is 0.318. The quantitative estimate of drug-likeness (QED) is 0.189. The zero-order chi connectivity index (χ0) is 21.2. The first kappa shape index (κ1) is 24.6. The number of benzene rings is 1. The van der Waals surface area contributed by atoms with Crippen molar-refractivity contribution in [2.24, 2.45) is 4.99 Å². The number of ether oxygens (including phenoxy) is 2. The van der Waals surface area contributed by atoms with Crippen LogP contribution in [0.5, 0.6) is 5.88 Å². The molecule has 1 aromatic carbocycles. The predicted molar refractivity (Wildman–Crippen MR) is 133 cm³/mol. The number of imidazole rings is 1. The van der Waals surface area contributed by atoms with Crippen LogP contribution >= 0.6 is 24.0 Å². The number of halogens is 1. The molecule has 0 aliphatic heterocycles. The Kier molecular flexibility index (Phi) is 10.2. The van der Waals surface area contributed by atoms with Gasteiger partial charge in [0.25, 0.3) is 0 Å². The van der Waals surface area contributed by atoms with Gasteiger partial charge in [-0.3, -0.25) is 4.99 Å². The zero-order valence-electron chi connectivity index (χ0n) is 18.0. The number of rotatable bonds is 9. The Labute approximate surface area is 200 Å². The van der Waals surface area contributed by atoms with E-state index in [4.69, 9.17) is 9.47 Å². The van der Waals surface area contributed by atoms with Gasteiger partial charge in [0, 0.05) is 40.0 Å². The highest BCUT2D eigenvalue weighted by molar-refractivity contribution is 14.0. The summed E-state index contributed by atoms with van der Waals surface area (Å²) in [4.78, 5) is 18.6. The van der Waals surface area contributed by atoms with E-state index in [1.807, 2.05) is 48.5 Å². The van der Waals surface area contributed by atoms with Crippen molar-refractivity contribution in [2.75, 3.05) is 34.4 Å². The Bertz CT molecular complexity index is 931. The van der Waals surface area contributed by atoms with Gasteiger partial charge in [0.2, 0.25) is 5.88 Å². The molecule has 3 aromatic rings. The summed E-state index contributed by atoms with van der Waals surface area (Å²) in [6.07, 6.45) is 3.65. The van der Waals surface area contributed by atoms with Crippen molar-refractivity contribution >= 4 is 29.9 Å². The van der Waals surface area contributed by atoms with Crippen molar-refractivity contribution in [3.8, 4) is 17.1 Å². The van der Waals surface area contributed by atoms with Crippen LogP contribution < -0.4 is 10.1 Å². The van der Waals surface area contributed by atoms with Crippen LogP contribution in [0.3, 0.4) is 0 Å². The topological polar surface area (TPSA) is 87.7 Å².